The Bertz CT molecular complexity index is 444. The van der Waals surface area contributed by atoms with Crippen molar-refractivity contribution in [3.8, 4) is 0 Å². The van der Waals surface area contributed by atoms with Crippen LogP contribution in [0, 0.1) is 0 Å². The van der Waals surface area contributed by atoms with Crippen molar-refractivity contribution in [3.05, 3.63) is 35.0 Å². The van der Waals surface area contributed by atoms with Crippen molar-refractivity contribution < 1.29 is 1.37 Å². The van der Waals surface area contributed by atoms with E-state index in [0.29, 0.717) is 5.52 Å². The summed E-state index contributed by atoms with van der Waals surface area (Å²) in [6, 6.07) is 1.42. The molecule has 0 saturated carbocycles. The summed E-state index contributed by atoms with van der Waals surface area (Å²) in [6.07, 6.45) is 3.18. The van der Waals surface area contributed by atoms with Crippen LogP contribution in [0.25, 0.3) is 5.52 Å². The van der Waals surface area contributed by atoms with E-state index in [2.05, 4.69) is 10.1 Å². The minimum Gasteiger partial charge on any atom is -0.326 e. The second-order valence-electron chi connectivity index (χ2n) is 1.89. The molecule has 0 aromatic carbocycles. The summed E-state index contributed by atoms with van der Waals surface area (Å²) in [5, 5.41) is 3.74. The summed E-state index contributed by atoms with van der Waals surface area (Å²) in [7, 11) is 0. The maximum absolute atomic E-state index is 11.0. The SMILES string of the molecule is [2H]c1cc2c(=O)[nH]ccn2n1. The van der Waals surface area contributed by atoms with E-state index in [1.54, 1.807) is 6.20 Å². The van der Waals surface area contributed by atoms with Crippen molar-refractivity contribution in [1.29, 1.82) is 0 Å². The summed E-state index contributed by atoms with van der Waals surface area (Å²) in [6.45, 7) is 0. The number of nitrogens with zero attached hydrogens (tertiary/aromatic N) is 2. The van der Waals surface area contributed by atoms with Gasteiger partial charge in [-0.05, 0) is 6.07 Å². The van der Waals surface area contributed by atoms with Crippen molar-refractivity contribution in [3.63, 3.8) is 0 Å². The normalized spacial score (nSPS) is 11.8. The van der Waals surface area contributed by atoms with Gasteiger partial charge in [-0.1, -0.05) is 0 Å². The van der Waals surface area contributed by atoms with Gasteiger partial charge in [-0.15, -0.1) is 0 Å². The lowest BCUT2D eigenvalue weighted by Crippen LogP contribution is -2.07. The Morgan fingerprint density at radius 1 is 1.80 bits per heavy atom. The second kappa shape index (κ2) is 1.70. The van der Waals surface area contributed by atoms with Gasteiger partial charge in [0.2, 0.25) is 0 Å². The molecular weight excluding hydrogens is 130 g/mol. The van der Waals surface area contributed by atoms with Crippen molar-refractivity contribution in [1.82, 2.24) is 14.6 Å². The highest BCUT2D eigenvalue weighted by Crippen LogP contribution is 1.89. The first-order valence-electron chi connectivity index (χ1n) is 3.31. The Morgan fingerprint density at radius 3 is 3.50 bits per heavy atom. The topological polar surface area (TPSA) is 50.2 Å². The lowest BCUT2D eigenvalue weighted by Gasteiger charge is -1.86. The van der Waals surface area contributed by atoms with E-state index in [1.807, 2.05) is 0 Å². The number of nitrogens with one attached hydrogen (secondary N) is 1. The zero-order chi connectivity index (χ0) is 7.84. The molecular formula is C6H5N3O. The predicted molar refractivity (Wildman–Crippen MR) is 35.8 cm³/mol. The zero-order valence-electron chi connectivity index (χ0n) is 6.03. The van der Waals surface area contributed by atoms with Crippen molar-refractivity contribution >= 4 is 5.52 Å². The number of aromatic nitrogens is 3. The zero-order valence-corrected chi connectivity index (χ0v) is 5.03. The predicted octanol–water partition coefficient (Wildman–Crippen LogP) is 0.0226. The summed E-state index contributed by atoms with van der Waals surface area (Å²) in [4.78, 5) is 13.5. The van der Waals surface area contributed by atoms with Crippen LogP contribution in [0.4, 0.5) is 0 Å². The van der Waals surface area contributed by atoms with Gasteiger partial charge in [0.25, 0.3) is 5.56 Å². The fraction of sp³-hybridized carbons (Fsp3) is 0. The molecule has 0 saturated heterocycles. The molecule has 2 aromatic rings. The van der Waals surface area contributed by atoms with Crippen LogP contribution in [0.5, 0.6) is 0 Å². The van der Waals surface area contributed by atoms with Gasteiger partial charge in [0.1, 0.15) is 5.52 Å². The van der Waals surface area contributed by atoms with E-state index in [9.17, 15) is 4.79 Å². The summed E-state index contributed by atoms with van der Waals surface area (Å²) in [5.74, 6) is 0. The first kappa shape index (κ1) is 4.27. The molecule has 0 aliphatic rings. The molecule has 1 N–H and O–H groups in total. The van der Waals surface area contributed by atoms with Crippen LogP contribution in [-0.4, -0.2) is 14.6 Å². The Hall–Kier alpha value is -1.58. The van der Waals surface area contributed by atoms with Crippen LogP contribution in [-0.2, 0) is 0 Å². The molecule has 2 heterocycles. The van der Waals surface area contributed by atoms with Crippen LogP contribution >= 0.6 is 0 Å². The number of fused-ring (bicyclic) bond motifs is 1. The first-order valence-corrected chi connectivity index (χ1v) is 2.81. The van der Waals surface area contributed by atoms with Gasteiger partial charge in [-0.3, -0.25) is 4.79 Å². The lowest BCUT2D eigenvalue weighted by atomic mass is 10.5. The van der Waals surface area contributed by atoms with Crippen LogP contribution in [0.3, 0.4) is 0 Å². The number of hydrogen-bond acceptors (Lipinski definition) is 2. The van der Waals surface area contributed by atoms with E-state index < -0.39 is 0 Å². The van der Waals surface area contributed by atoms with Crippen molar-refractivity contribution in [2.75, 3.05) is 0 Å². The molecule has 4 nitrogen and oxygen atoms in total. The molecule has 0 amide bonds. The number of aromatic amines is 1. The van der Waals surface area contributed by atoms with E-state index in [4.69, 9.17) is 1.37 Å². The third kappa shape index (κ3) is 0.556. The van der Waals surface area contributed by atoms with Gasteiger partial charge in [-0.25, -0.2) is 4.52 Å². The number of H-pyrrole nitrogens is 1. The highest BCUT2D eigenvalue weighted by Gasteiger charge is 1.93. The summed E-state index contributed by atoms with van der Waals surface area (Å²) in [5.41, 5.74) is 0.177. The van der Waals surface area contributed by atoms with E-state index in [0.717, 1.165) is 0 Å². The molecule has 0 aliphatic carbocycles. The molecule has 0 atom stereocenters. The maximum Gasteiger partial charge on any atom is 0.273 e. The largest absolute Gasteiger partial charge is 0.326 e. The fourth-order valence-corrected chi connectivity index (χ4v) is 0.813. The molecule has 0 aliphatic heterocycles. The molecule has 4 heteroatoms. The van der Waals surface area contributed by atoms with Gasteiger partial charge in [0, 0.05) is 12.4 Å². The van der Waals surface area contributed by atoms with Gasteiger partial charge in [-0.2, -0.15) is 5.10 Å². The Labute approximate surface area is 57.5 Å². The summed E-state index contributed by atoms with van der Waals surface area (Å²) >= 11 is 0. The molecule has 10 heavy (non-hydrogen) atoms. The minimum absolute atomic E-state index is 0.0988. The standard InChI is InChI=1S/C6H5N3O/c10-6-5-1-2-8-9(5)4-3-7-6/h1-4H,(H,7,10)/i2D. The van der Waals surface area contributed by atoms with Crippen molar-refractivity contribution in [2.24, 2.45) is 0 Å². The second-order valence-corrected chi connectivity index (χ2v) is 1.89. The first-order chi connectivity index (χ1) is 5.27. The van der Waals surface area contributed by atoms with Crippen molar-refractivity contribution in [2.45, 2.75) is 0 Å². The highest BCUT2D eigenvalue weighted by atomic mass is 16.1. The fourth-order valence-electron chi connectivity index (χ4n) is 0.813. The smallest absolute Gasteiger partial charge is 0.273 e. The van der Waals surface area contributed by atoms with Gasteiger partial charge in [0.05, 0.1) is 7.54 Å². The van der Waals surface area contributed by atoms with E-state index in [-0.39, 0.29) is 11.7 Å². The Balaban J connectivity index is 3.02. The lowest BCUT2D eigenvalue weighted by molar-refractivity contribution is 0.936. The van der Waals surface area contributed by atoms with E-state index in [1.165, 1.54) is 16.8 Å². The Morgan fingerprint density at radius 2 is 2.70 bits per heavy atom. The third-order valence-electron chi connectivity index (χ3n) is 1.28. The van der Waals surface area contributed by atoms with E-state index >= 15 is 0 Å². The molecule has 0 radical (unpaired) electrons. The van der Waals surface area contributed by atoms with Crippen LogP contribution in [0.2, 0.25) is 0 Å². The molecule has 0 unspecified atom stereocenters. The van der Waals surface area contributed by atoms with Crippen LogP contribution in [0.15, 0.2) is 29.4 Å². The monoisotopic (exact) mass is 136 g/mol. The quantitative estimate of drug-likeness (QED) is 0.555. The van der Waals surface area contributed by atoms with Gasteiger partial charge < -0.3 is 4.98 Å². The average Bonchev–Trinajstić information content (AvgIpc) is 2.31. The number of hydrogen-bond donors (Lipinski definition) is 1. The molecule has 2 aromatic heterocycles. The minimum atomic E-state index is -0.224. The van der Waals surface area contributed by atoms with Gasteiger partial charge >= 0.3 is 0 Å². The molecule has 50 valence electrons. The van der Waals surface area contributed by atoms with Gasteiger partial charge in [0.15, 0.2) is 0 Å². The molecule has 0 bridgehead atoms. The Kier molecular flexibility index (Phi) is 0.725. The molecule has 0 fully saturated rings. The summed E-state index contributed by atoms with van der Waals surface area (Å²) < 4.78 is 8.51. The molecule has 0 spiro atoms. The third-order valence-corrected chi connectivity index (χ3v) is 1.28. The van der Waals surface area contributed by atoms with Crippen LogP contribution in [0.1, 0.15) is 1.37 Å². The molecule has 2 rings (SSSR count). The average molecular weight is 136 g/mol. The van der Waals surface area contributed by atoms with Crippen LogP contribution < -0.4 is 5.56 Å². The number of rotatable bonds is 0. The maximum atomic E-state index is 11.0. The highest BCUT2D eigenvalue weighted by molar-refractivity contribution is 5.41.